The zero-order valence-corrected chi connectivity index (χ0v) is 18.1. The van der Waals surface area contributed by atoms with Gasteiger partial charge in [0.2, 0.25) is 11.9 Å². The van der Waals surface area contributed by atoms with E-state index in [2.05, 4.69) is 20.9 Å². The lowest BCUT2D eigenvalue weighted by atomic mass is 10.1. The summed E-state index contributed by atoms with van der Waals surface area (Å²) in [4.78, 5) is 25.9. The number of fused-ring (bicyclic) bond motifs is 1. The molecule has 1 aromatic heterocycles. The van der Waals surface area contributed by atoms with E-state index in [1.165, 1.54) is 0 Å². The number of amides is 1. The number of nitrogen functional groups attached to an aromatic ring is 1. The van der Waals surface area contributed by atoms with E-state index in [-0.39, 0.29) is 5.91 Å². The maximum absolute atomic E-state index is 12.7. The van der Waals surface area contributed by atoms with Crippen molar-refractivity contribution in [3.8, 4) is 11.5 Å². The molecule has 8 heteroatoms. The molecule has 2 heterocycles. The minimum absolute atomic E-state index is 0.140. The van der Waals surface area contributed by atoms with E-state index in [0.29, 0.717) is 66.8 Å². The smallest absolute Gasteiger partial charge is 0.228 e. The van der Waals surface area contributed by atoms with Gasteiger partial charge in [0.1, 0.15) is 5.82 Å². The van der Waals surface area contributed by atoms with E-state index in [0.717, 1.165) is 11.1 Å². The third-order valence-corrected chi connectivity index (χ3v) is 5.57. The topological polar surface area (TPSA) is 93.8 Å². The van der Waals surface area contributed by atoms with Crippen molar-refractivity contribution in [2.24, 2.45) is 0 Å². The van der Waals surface area contributed by atoms with Gasteiger partial charge in [-0.25, -0.2) is 4.98 Å². The van der Waals surface area contributed by atoms with Gasteiger partial charge in [0.25, 0.3) is 0 Å². The van der Waals surface area contributed by atoms with Crippen molar-refractivity contribution in [3.63, 3.8) is 0 Å². The fraction of sp³-hybridized carbons (Fsp3) is 0.348. The summed E-state index contributed by atoms with van der Waals surface area (Å²) in [6.07, 6.45) is 0.419. The number of hydrogen-bond acceptors (Lipinski definition) is 7. The first-order valence-corrected chi connectivity index (χ1v) is 10.3. The zero-order chi connectivity index (χ0) is 22.0. The third-order valence-electron chi connectivity index (χ3n) is 5.57. The fourth-order valence-corrected chi connectivity index (χ4v) is 3.87. The Balaban J connectivity index is 1.47. The summed E-state index contributed by atoms with van der Waals surface area (Å²) in [5.74, 6) is 2.26. The maximum Gasteiger partial charge on any atom is 0.228 e. The summed E-state index contributed by atoms with van der Waals surface area (Å²) in [6.45, 7) is 4.58. The zero-order valence-electron chi connectivity index (χ0n) is 18.1. The molecule has 0 atom stereocenters. The largest absolute Gasteiger partial charge is 0.493 e. The first kappa shape index (κ1) is 20.7. The van der Waals surface area contributed by atoms with Crippen molar-refractivity contribution in [2.75, 3.05) is 51.0 Å². The van der Waals surface area contributed by atoms with Crippen LogP contribution in [-0.4, -0.2) is 61.2 Å². The van der Waals surface area contributed by atoms with Crippen LogP contribution >= 0.6 is 0 Å². The Morgan fingerprint density at radius 3 is 2.42 bits per heavy atom. The van der Waals surface area contributed by atoms with Gasteiger partial charge in [-0.05, 0) is 18.6 Å². The number of rotatable bonds is 5. The predicted molar refractivity (Wildman–Crippen MR) is 121 cm³/mol. The van der Waals surface area contributed by atoms with Crippen molar-refractivity contribution in [1.29, 1.82) is 0 Å². The Morgan fingerprint density at radius 1 is 1.03 bits per heavy atom. The van der Waals surface area contributed by atoms with Crippen LogP contribution < -0.4 is 20.1 Å². The van der Waals surface area contributed by atoms with Crippen LogP contribution in [0.15, 0.2) is 36.4 Å². The lowest BCUT2D eigenvalue weighted by Gasteiger charge is -2.35. The first-order valence-electron chi connectivity index (χ1n) is 10.3. The average molecular weight is 422 g/mol. The van der Waals surface area contributed by atoms with Gasteiger partial charge in [-0.15, -0.1) is 0 Å². The summed E-state index contributed by atoms with van der Waals surface area (Å²) in [7, 11) is 3.16. The fourth-order valence-electron chi connectivity index (χ4n) is 3.87. The van der Waals surface area contributed by atoms with Crippen molar-refractivity contribution < 1.29 is 14.3 Å². The number of hydrogen-bond donors (Lipinski definition) is 1. The highest BCUT2D eigenvalue weighted by atomic mass is 16.5. The number of aryl methyl sites for hydroxylation is 1. The molecule has 0 saturated carbocycles. The number of nitrogens with two attached hydrogens (primary N) is 1. The molecule has 0 unspecified atom stereocenters. The molecule has 0 spiro atoms. The molecular weight excluding hydrogens is 394 g/mol. The standard InChI is InChI=1S/C23H27N5O3/c1-15-5-4-6-16(11-15)12-21(29)27-7-9-28(10-8-27)23-25-18-14-20(31-3)19(30-2)13-17(18)22(24)26-23/h4-6,11,13-14H,7-10,12H2,1-3H3,(H2,24,25,26). The van der Waals surface area contributed by atoms with Gasteiger partial charge in [0, 0.05) is 37.6 Å². The van der Waals surface area contributed by atoms with Crippen LogP contribution in [0.4, 0.5) is 11.8 Å². The molecular formula is C23H27N5O3. The van der Waals surface area contributed by atoms with E-state index in [1.54, 1.807) is 26.4 Å². The molecule has 3 aromatic rings. The summed E-state index contributed by atoms with van der Waals surface area (Å²) in [5, 5.41) is 0.716. The Hall–Kier alpha value is -3.55. The van der Waals surface area contributed by atoms with Crippen molar-refractivity contribution >= 4 is 28.6 Å². The van der Waals surface area contributed by atoms with Crippen molar-refractivity contribution in [3.05, 3.63) is 47.5 Å². The molecule has 1 amide bonds. The number of anilines is 2. The summed E-state index contributed by atoms with van der Waals surface area (Å²) < 4.78 is 10.7. The maximum atomic E-state index is 12.7. The number of piperazine rings is 1. The third kappa shape index (κ3) is 4.33. The molecule has 0 aliphatic carbocycles. The number of benzene rings is 2. The quantitative estimate of drug-likeness (QED) is 0.676. The highest BCUT2D eigenvalue weighted by Gasteiger charge is 2.23. The minimum atomic E-state index is 0.140. The summed E-state index contributed by atoms with van der Waals surface area (Å²) >= 11 is 0. The van der Waals surface area contributed by atoms with E-state index in [9.17, 15) is 4.79 Å². The molecule has 1 aliphatic heterocycles. The van der Waals surface area contributed by atoms with Gasteiger partial charge in [-0.3, -0.25) is 4.79 Å². The number of carbonyl (C=O) groups excluding carboxylic acids is 1. The average Bonchev–Trinajstić information content (AvgIpc) is 2.78. The number of nitrogens with zero attached hydrogens (tertiary/aromatic N) is 4. The minimum Gasteiger partial charge on any atom is -0.493 e. The lowest BCUT2D eigenvalue weighted by Crippen LogP contribution is -2.49. The van der Waals surface area contributed by atoms with E-state index in [4.69, 9.17) is 15.2 Å². The van der Waals surface area contributed by atoms with Gasteiger partial charge in [-0.1, -0.05) is 29.8 Å². The van der Waals surface area contributed by atoms with Crippen LogP contribution in [0.2, 0.25) is 0 Å². The molecule has 1 saturated heterocycles. The lowest BCUT2D eigenvalue weighted by molar-refractivity contribution is -0.130. The molecule has 1 aliphatic rings. The Labute approximate surface area is 181 Å². The van der Waals surface area contributed by atoms with Crippen molar-refractivity contribution in [1.82, 2.24) is 14.9 Å². The Morgan fingerprint density at radius 2 is 1.74 bits per heavy atom. The molecule has 0 radical (unpaired) electrons. The normalized spacial score (nSPS) is 14.0. The summed E-state index contributed by atoms with van der Waals surface area (Å²) in [5.41, 5.74) is 9.11. The molecule has 162 valence electrons. The van der Waals surface area contributed by atoms with Gasteiger partial charge >= 0.3 is 0 Å². The first-order chi connectivity index (χ1) is 15.0. The van der Waals surface area contributed by atoms with E-state index in [1.807, 2.05) is 30.0 Å². The monoisotopic (exact) mass is 421 g/mol. The van der Waals surface area contributed by atoms with Crippen LogP contribution in [-0.2, 0) is 11.2 Å². The SMILES string of the molecule is COc1cc2nc(N3CCN(C(=O)Cc4cccc(C)c4)CC3)nc(N)c2cc1OC. The van der Waals surface area contributed by atoms with Crippen LogP contribution in [0.1, 0.15) is 11.1 Å². The molecule has 1 fully saturated rings. The van der Waals surface area contributed by atoms with Gasteiger partial charge in [0.15, 0.2) is 11.5 Å². The van der Waals surface area contributed by atoms with E-state index >= 15 is 0 Å². The highest BCUT2D eigenvalue weighted by Crippen LogP contribution is 2.34. The molecule has 31 heavy (non-hydrogen) atoms. The predicted octanol–water partition coefficient (Wildman–Crippen LogP) is 2.43. The second-order valence-electron chi connectivity index (χ2n) is 7.67. The van der Waals surface area contributed by atoms with Crippen LogP contribution in [0.3, 0.4) is 0 Å². The number of carbonyl (C=O) groups is 1. The highest BCUT2D eigenvalue weighted by molar-refractivity contribution is 5.91. The van der Waals surface area contributed by atoms with Crippen molar-refractivity contribution in [2.45, 2.75) is 13.3 Å². The van der Waals surface area contributed by atoms with E-state index < -0.39 is 0 Å². The molecule has 0 bridgehead atoms. The van der Waals surface area contributed by atoms with Gasteiger partial charge in [-0.2, -0.15) is 4.98 Å². The molecule has 2 N–H and O–H groups in total. The summed E-state index contributed by atoms with van der Waals surface area (Å²) in [6, 6.07) is 11.7. The number of methoxy groups -OCH3 is 2. The van der Waals surface area contributed by atoms with Crippen LogP contribution in [0.5, 0.6) is 11.5 Å². The van der Waals surface area contributed by atoms with Crippen LogP contribution in [0, 0.1) is 6.92 Å². The molecule has 2 aromatic carbocycles. The second-order valence-corrected chi connectivity index (χ2v) is 7.67. The van der Waals surface area contributed by atoms with Crippen LogP contribution in [0.25, 0.3) is 10.9 Å². The Bertz CT molecular complexity index is 1110. The second kappa shape index (κ2) is 8.67. The molecule has 4 rings (SSSR count). The van der Waals surface area contributed by atoms with Gasteiger partial charge in [0.05, 0.1) is 26.2 Å². The molecule has 8 nitrogen and oxygen atoms in total. The number of aromatic nitrogens is 2. The Kier molecular flexibility index (Phi) is 5.79. The number of ether oxygens (including phenoxy) is 2. The van der Waals surface area contributed by atoms with Gasteiger partial charge < -0.3 is 25.0 Å².